The van der Waals surface area contributed by atoms with Gasteiger partial charge in [0, 0.05) is 56.9 Å². The minimum absolute atomic E-state index is 0.271. The van der Waals surface area contributed by atoms with Gasteiger partial charge in [-0.3, -0.25) is 9.98 Å². The van der Waals surface area contributed by atoms with Gasteiger partial charge >= 0.3 is 0 Å². The van der Waals surface area contributed by atoms with Crippen molar-refractivity contribution >= 4 is 23.3 Å². The van der Waals surface area contributed by atoms with Crippen molar-refractivity contribution in [1.29, 1.82) is 0 Å². The van der Waals surface area contributed by atoms with Crippen molar-refractivity contribution in [3.8, 4) is 0 Å². The molecule has 1 atom stereocenters. The van der Waals surface area contributed by atoms with Gasteiger partial charge in [-0.05, 0) is 60.6 Å². The number of aryl methyl sites for hydroxylation is 1. The third-order valence-corrected chi connectivity index (χ3v) is 6.35. The molecule has 1 N–H and O–H groups in total. The van der Waals surface area contributed by atoms with Gasteiger partial charge in [-0.1, -0.05) is 51.5 Å². The van der Waals surface area contributed by atoms with Gasteiger partial charge in [0.25, 0.3) is 0 Å². The standard InChI is InChI=1S/C29H40N6/c1-6-9-25-19-24(26(10-7-2)20-30-5)11-12-27(25)28(8-3)34-33-22(4)35-18-17-32-29(21-35)23-13-15-31-16-14-23/h10-16,19-20,29,32H,6-9,17-18,21H2,1-5H3/b26-10+,30-20?,33-22+,34-28+. The van der Waals surface area contributed by atoms with Crippen molar-refractivity contribution < 1.29 is 0 Å². The first-order valence-electron chi connectivity index (χ1n) is 12.9. The molecule has 6 nitrogen and oxygen atoms in total. The van der Waals surface area contributed by atoms with Crippen LogP contribution in [0, 0.1) is 0 Å². The molecule has 1 aliphatic heterocycles. The van der Waals surface area contributed by atoms with Crippen LogP contribution in [0.25, 0.3) is 5.57 Å². The Kier molecular flexibility index (Phi) is 10.4. The van der Waals surface area contributed by atoms with Gasteiger partial charge in [-0.25, -0.2) is 0 Å². The molecule has 3 rings (SSSR count). The number of hydrogen-bond donors (Lipinski definition) is 1. The van der Waals surface area contributed by atoms with Crippen LogP contribution in [0.15, 0.2) is 64.0 Å². The van der Waals surface area contributed by atoms with E-state index in [-0.39, 0.29) is 6.04 Å². The van der Waals surface area contributed by atoms with E-state index in [4.69, 9.17) is 10.2 Å². The first-order valence-corrected chi connectivity index (χ1v) is 12.9. The number of nitrogens with one attached hydrogen (secondary N) is 1. The number of amidine groups is 1. The van der Waals surface area contributed by atoms with Crippen molar-refractivity contribution in [2.75, 3.05) is 26.7 Å². The zero-order valence-electron chi connectivity index (χ0n) is 22.0. The van der Waals surface area contributed by atoms with Crippen LogP contribution in [0.4, 0.5) is 0 Å². The number of rotatable bonds is 9. The van der Waals surface area contributed by atoms with Crippen LogP contribution >= 0.6 is 0 Å². The Labute approximate surface area is 211 Å². The Balaban J connectivity index is 1.85. The molecule has 35 heavy (non-hydrogen) atoms. The van der Waals surface area contributed by atoms with Gasteiger partial charge in [-0.15, -0.1) is 5.10 Å². The summed E-state index contributed by atoms with van der Waals surface area (Å²) in [6.45, 7) is 11.3. The van der Waals surface area contributed by atoms with Crippen molar-refractivity contribution in [2.45, 2.75) is 59.4 Å². The molecule has 186 valence electrons. The fraction of sp³-hybridized carbons (Fsp3) is 0.448. The van der Waals surface area contributed by atoms with Gasteiger partial charge in [-0.2, -0.15) is 5.10 Å². The van der Waals surface area contributed by atoms with Gasteiger partial charge < -0.3 is 10.2 Å². The van der Waals surface area contributed by atoms with E-state index in [0.717, 1.165) is 56.9 Å². The van der Waals surface area contributed by atoms with Gasteiger partial charge in [0.2, 0.25) is 0 Å². The number of nitrogens with zero attached hydrogens (tertiary/aromatic N) is 5. The Morgan fingerprint density at radius 2 is 1.94 bits per heavy atom. The smallest absolute Gasteiger partial charge is 0.124 e. The van der Waals surface area contributed by atoms with Gasteiger partial charge in [0.1, 0.15) is 5.84 Å². The highest BCUT2D eigenvalue weighted by atomic mass is 15.3. The summed E-state index contributed by atoms with van der Waals surface area (Å²) in [7, 11) is 1.82. The molecule has 1 aliphatic rings. The van der Waals surface area contributed by atoms with E-state index in [9.17, 15) is 0 Å². The van der Waals surface area contributed by atoms with Crippen molar-refractivity contribution in [1.82, 2.24) is 15.2 Å². The summed E-state index contributed by atoms with van der Waals surface area (Å²) < 4.78 is 0. The highest BCUT2D eigenvalue weighted by molar-refractivity contribution is 6.10. The summed E-state index contributed by atoms with van der Waals surface area (Å²) >= 11 is 0. The largest absolute Gasteiger partial charge is 0.356 e. The van der Waals surface area contributed by atoms with Gasteiger partial charge in [0.05, 0.1) is 5.71 Å². The highest BCUT2D eigenvalue weighted by Gasteiger charge is 2.21. The van der Waals surface area contributed by atoms with E-state index in [2.05, 4.69) is 84.3 Å². The lowest BCUT2D eigenvalue weighted by Crippen LogP contribution is -2.47. The molecular weight excluding hydrogens is 432 g/mol. The Hall–Kier alpha value is -3.12. The number of allylic oxidation sites excluding steroid dienone is 2. The molecule has 1 aromatic heterocycles. The van der Waals surface area contributed by atoms with Gasteiger partial charge in [0.15, 0.2) is 0 Å². The lowest BCUT2D eigenvalue weighted by molar-refractivity contribution is 0.293. The van der Waals surface area contributed by atoms with Crippen LogP contribution in [0.1, 0.15) is 75.3 Å². The van der Waals surface area contributed by atoms with Crippen molar-refractivity contribution in [2.24, 2.45) is 15.2 Å². The molecule has 1 fully saturated rings. The summed E-state index contributed by atoms with van der Waals surface area (Å²) in [5, 5.41) is 13.1. The van der Waals surface area contributed by atoms with Crippen LogP contribution in [0.2, 0.25) is 0 Å². The van der Waals surface area contributed by atoms with E-state index in [1.54, 1.807) is 0 Å². The molecule has 0 amide bonds. The van der Waals surface area contributed by atoms with Crippen LogP contribution in [0.5, 0.6) is 0 Å². The van der Waals surface area contributed by atoms with E-state index >= 15 is 0 Å². The topological polar surface area (TPSA) is 65.2 Å². The molecule has 2 aromatic rings. The Morgan fingerprint density at radius 1 is 1.14 bits per heavy atom. The average Bonchev–Trinajstić information content (AvgIpc) is 2.90. The number of aliphatic imine (C=N–C) groups is 1. The number of aromatic nitrogens is 1. The number of piperazine rings is 1. The first kappa shape index (κ1) is 26.5. The van der Waals surface area contributed by atoms with Crippen LogP contribution in [-0.2, 0) is 6.42 Å². The van der Waals surface area contributed by atoms with E-state index in [1.165, 1.54) is 27.8 Å². The third kappa shape index (κ3) is 7.18. The van der Waals surface area contributed by atoms with E-state index in [1.807, 2.05) is 25.7 Å². The maximum Gasteiger partial charge on any atom is 0.124 e. The maximum atomic E-state index is 4.77. The molecular formula is C29H40N6. The number of benzene rings is 1. The van der Waals surface area contributed by atoms with E-state index in [0.29, 0.717) is 0 Å². The van der Waals surface area contributed by atoms with Crippen LogP contribution in [-0.4, -0.2) is 54.3 Å². The summed E-state index contributed by atoms with van der Waals surface area (Å²) in [4.78, 5) is 10.7. The second-order valence-electron chi connectivity index (χ2n) is 8.86. The van der Waals surface area contributed by atoms with E-state index < -0.39 is 0 Å². The molecule has 1 aromatic carbocycles. The SMILES string of the molecule is CC/C=C(\C=NC)c1ccc(/C(CC)=N/N=C(\C)N2CCNC(c3ccncc3)C2)c(CCC)c1. The zero-order chi connectivity index (χ0) is 25.0. The molecule has 0 bridgehead atoms. The quantitative estimate of drug-likeness (QED) is 0.289. The minimum atomic E-state index is 0.271. The summed E-state index contributed by atoms with van der Waals surface area (Å²) in [5.74, 6) is 0.956. The highest BCUT2D eigenvalue weighted by Crippen LogP contribution is 2.22. The van der Waals surface area contributed by atoms with Crippen molar-refractivity contribution in [3.63, 3.8) is 0 Å². The Bertz CT molecular complexity index is 1070. The molecule has 0 aliphatic carbocycles. The molecule has 1 unspecified atom stereocenters. The third-order valence-electron chi connectivity index (χ3n) is 6.35. The maximum absolute atomic E-state index is 4.77. The molecule has 0 radical (unpaired) electrons. The number of hydrogen-bond acceptors (Lipinski definition) is 5. The minimum Gasteiger partial charge on any atom is -0.356 e. The normalized spacial score (nSPS) is 17.9. The van der Waals surface area contributed by atoms with Crippen LogP contribution < -0.4 is 5.32 Å². The second-order valence-corrected chi connectivity index (χ2v) is 8.86. The fourth-order valence-electron chi connectivity index (χ4n) is 4.51. The van der Waals surface area contributed by atoms with Crippen LogP contribution in [0.3, 0.4) is 0 Å². The van der Waals surface area contributed by atoms with Crippen molar-refractivity contribution in [3.05, 3.63) is 71.1 Å². The predicted molar refractivity (Wildman–Crippen MR) is 150 cm³/mol. The predicted octanol–water partition coefficient (Wildman–Crippen LogP) is 5.71. The lowest BCUT2D eigenvalue weighted by Gasteiger charge is -2.34. The molecule has 6 heteroatoms. The Morgan fingerprint density at radius 3 is 2.63 bits per heavy atom. The summed E-state index contributed by atoms with van der Waals surface area (Å²) in [6.07, 6.45) is 11.8. The first-order chi connectivity index (χ1) is 17.1. The number of pyridine rings is 1. The zero-order valence-corrected chi connectivity index (χ0v) is 22.0. The summed E-state index contributed by atoms with van der Waals surface area (Å²) in [6, 6.07) is 11.1. The molecule has 2 heterocycles. The molecule has 1 saturated heterocycles. The monoisotopic (exact) mass is 472 g/mol. The fourth-order valence-corrected chi connectivity index (χ4v) is 4.51. The molecule has 0 spiro atoms. The second kappa shape index (κ2) is 13.7. The average molecular weight is 473 g/mol. The lowest BCUT2D eigenvalue weighted by atomic mass is 9.93. The summed E-state index contributed by atoms with van der Waals surface area (Å²) in [5.41, 5.74) is 7.20. The molecule has 0 saturated carbocycles.